The first kappa shape index (κ1) is 23.1. The van der Waals surface area contributed by atoms with Crippen LogP contribution in [-0.4, -0.2) is 59.6 Å². The van der Waals surface area contributed by atoms with Crippen molar-refractivity contribution in [3.8, 4) is 0 Å². The lowest BCUT2D eigenvalue weighted by Gasteiger charge is -2.26. The number of unbranched alkanes of at least 4 members (excludes halogenated alkanes) is 2. The number of esters is 1. The molecule has 0 bridgehead atoms. The minimum absolute atomic E-state index is 0.137. The van der Waals surface area contributed by atoms with E-state index in [1.54, 1.807) is 24.9 Å². The first-order valence-corrected chi connectivity index (χ1v) is 10.5. The van der Waals surface area contributed by atoms with Gasteiger partial charge < -0.3 is 20.1 Å². The van der Waals surface area contributed by atoms with Crippen LogP contribution in [0.1, 0.15) is 45.4 Å². The van der Waals surface area contributed by atoms with Gasteiger partial charge in [0.25, 0.3) is 0 Å². The van der Waals surface area contributed by atoms with Crippen LogP contribution in [-0.2, 0) is 19.1 Å². The van der Waals surface area contributed by atoms with Gasteiger partial charge in [0.1, 0.15) is 5.54 Å². The second-order valence-corrected chi connectivity index (χ2v) is 8.11. The highest BCUT2D eigenvalue weighted by molar-refractivity contribution is 5.94. The van der Waals surface area contributed by atoms with E-state index in [-0.39, 0.29) is 37.2 Å². The van der Waals surface area contributed by atoms with Gasteiger partial charge in [-0.3, -0.25) is 9.59 Å². The van der Waals surface area contributed by atoms with E-state index in [1.807, 2.05) is 6.08 Å². The first-order valence-electron chi connectivity index (χ1n) is 10.5. The molecule has 0 aromatic rings. The fourth-order valence-corrected chi connectivity index (χ4v) is 4.18. The number of aliphatic hydroxyl groups excluding tert-OH is 1. The van der Waals surface area contributed by atoms with Crippen molar-refractivity contribution < 1.29 is 24.2 Å². The molecular formula is C22H34N2O5. The van der Waals surface area contributed by atoms with Crippen molar-refractivity contribution in [3.05, 3.63) is 25.3 Å². The summed E-state index contributed by atoms with van der Waals surface area (Å²) in [6.07, 6.45) is 6.39. The number of hydrogen-bond donors (Lipinski definition) is 2. The summed E-state index contributed by atoms with van der Waals surface area (Å²) in [7, 11) is 1.73. The van der Waals surface area contributed by atoms with E-state index < -0.39 is 29.4 Å². The molecular weight excluding hydrogens is 372 g/mol. The Bertz CT molecular complexity index is 649. The van der Waals surface area contributed by atoms with E-state index in [9.17, 15) is 19.5 Å². The molecule has 5 atom stereocenters. The number of amides is 2. The summed E-state index contributed by atoms with van der Waals surface area (Å²) in [5.74, 6) is -2.42. The maximum absolute atomic E-state index is 13.0. The molecule has 162 valence electrons. The van der Waals surface area contributed by atoms with Crippen LogP contribution in [0.15, 0.2) is 25.3 Å². The van der Waals surface area contributed by atoms with Gasteiger partial charge >= 0.3 is 5.97 Å². The minimum Gasteiger partial charge on any atom is -0.464 e. The van der Waals surface area contributed by atoms with Crippen LogP contribution in [0.4, 0.5) is 0 Å². The summed E-state index contributed by atoms with van der Waals surface area (Å²) in [5, 5.41) is 13.0. The predicted molar refractivity (Wildman–Crippen MR) is 110 cm³/mol. The van der Waals surface area contributed by atoms with Crippen LogP contribution in [0, 0.1) is 17.8 Å². The van der Waals surface area contributed by atoms with Gasteiger partial charge in [0.15, 0.2) is 0 Å². The highest BCUT2D eigenvalue weighted by atomic mass is 16.5. The fraction of sp³-hybridized carbons (Fsp3) is 0.682. The Hall–Kier alpha value is -2.15. The van der Waals surface area contributed by atoms with Crippen molar-refractivity contribution in [1.29, 1.82) is 0 Å². The zero-order valence-electron chi connectivity index (χ0n) is 17.6. The second-order valence-electron chi connectivity index (χ2n) is 8.11. The Morgan fingerprint density at radius 2 is 1.93 bits per heavy atom. The molecule has 0 heterocycles. The molecule has 2 amide bonds. The number of carbonyl (C=O) groups is 3. The molecule has 2 saturated carbocycles. The third-order valence-electron chi connectivity index (χ3n) is 6.00. The Labute approximate surface area is 173 Å². The van der Waals surface area contributed by atoms with E-state index in [0.29, 0.717) is 13.0 Å². The Morgan fingerprint density at radius 3 is 2.52 bits per heavy atom. The van der Waals surface area contributed by atoms with E-state index in [4.69, 9.17) is 4.74 Å². The molecule has 2 rings (SSSR count). The van der Waals surface area contributed by atoms with Crippen LogP contribution in [0.3, 0.4) is 0 Å². The van der Waals surface area contributed by atoms with Gasteiger partial charge in [-0.2, -0.15) is 0 Å². The Morgan fingerprint density at radius 1 is 1.24 bits per heavy atom. The number of ether oxygens (including phenoxy) is 1. The molecule has 2 N–H and O–H groups in total. The van der Waals surface area contributed by atoms with Crippen molar-refractivity contribution in [1.82, 2.24) is 10.2 Å². The van der Waals surface area contributed by atoms with Crippen molar-refractivity contribution in [3.63, 3.8) is 0 Å². The molecule has 0 unspecified atom stereocenters. The average molecular weight is 407 g/mol. The summed E-state index contributed by atoms with van der Waals surface area (Å²) in [6.45, 7) is 9.94. The summed E-state index contributed by atoms with van der Waals surface area (Å²) in [4.78, 5) is 39.9. The van der Waals surface area contributed by atoms with Crippen molar-refractivity contribution in [2.75, 3.05) is 20.2 Å². The van der Waals surface area contributed by atoms with E-state index in [0.717, 1.165) is 19.3 Å². The van der Waals surface area contributed by atoms with Crippen LogP contribution in [0.25, 0.3) is 0 Å². The third kappa shape index (κ3) is 5.26. The maximum atomic E-state index is 13.0. The molecule has 0 radical (unpaired) electrons. The molecule has 0 aromatic heterocycles. The third-order valence-corrected chi connectivity index (χ3v) is 6.00. The smallest absolute Gasteiger partial charge is 0.332 e. The van der Waals surface area contributed by atoms with E-state index in [1.165, 1.54) is 0 Å². The highest BCUT2D eigenvalue weighted by Crippen LogP contribution is 2.46. The summed E-state index contributed by atoms with van der Waals surface area (Å²) >= 11 is 0. The number of aliphatic hydroxyl groups is 1. The molecule has 7 nitrogen and oxygen atoms in total. The monoisotopic (exact) mass is 406 g/mol. The second kappa shape index (κ2) is 10.1. The van der Waals surface area contributed by atoms with Gasteiger partial charge in [-0.05, 0) is 45.4 Å². The Balaban J connectivity index is 2.04. The Kier molecular flexibility index (Phi) is 8.02. The SMILES string of the molecule is C=CCCCCN(C)C(=O)[C@@H]1C[C@@H](O)C[C@H]1C(=O)N[C@@]1(C(=O)OCC)C[C@H]1C=C. The van der Waals surface area contributed by atoms with Gasteiger partial charge in [0, 0.05) is 19.5 Å². The molecule has 0 aliphatic heterocycles. The van der Waals surface area contributed by atoms with Crippen LogP contribution in [0.5, 0.6) is 0 Å². The van der Waals surface area contributed by atoms with Crippen LogP contribution in [0.2, 0.25) is 0 Å². The van der Waals surface area contributed by atoms with Gasteiger partial charge in [0.05, 0.1) is 24.5 Å². The summed E-state index contributed by atoms with van der Waals surface area (Å²) < 4.78 is 5.13. The molecule has 2 aliphatic carbocycles. The largest absolute Gasteiger partial charge is 0.464 e. The van der Waals surface area contributed by atoms with Crippen molar-refractivity contribution in [2.24, 2.45) is 17.8 Å². The molecule has 0 spiro atoms. The average Bonchev–Trinajstić information content (AvgIpc) is 3.27. The molecule has 2 aliphatic rings. The molecule has 29 heavy (non-hydrogen) atoms. The molecule has 0 aromatic carbocycles. The minimum atomic E-state index is -1.09. The highest BCUT2D eigenvalue weighted by Gasteiger charge is 2.62. The number of nitrogens with one attached hydrogen (secondary N) is 1. The van der Waals surface area contributed by atoms with Gasteiger partial charge in [0.2, 0.25) is 11.8 Å². The zero-order chi connectivity index (χ0) is 21.6. The number of allylic oxidation sites excluding steroid dienone is 1. The number of nitrogens with zero attached hydrogens (tertiary/aromatic N) is 1. The maximum Gasteiger partial charge on any atom is 0.332 e. The number of hydrogen-bond acceptors (Lipinski definition) is 5. The van der Waals surface area contributed by atoms with E-state index in [2.05, 4.69) is 18.5 Å². The lowest BCUT2D eigenvalue weighted by Crippen LogP contribution is -2.50. The zero-order valence-corrected chi connectivity index (χ0v) is 17.6. The fourth-order valence-electron chi connectivity index (χ4n) is 4.18. The van der Waals surface area contributed by atoms with E-state index >= 15 is 0 Å². The van der Waals surface area contributed by atoms with Crippen molar-refractivity contribution in [2.45, 2.75) is 57.1 Å². The number of rotatable bonds is 11. The standard InChI is InChI=1S/C22H34N2O5/c1-5-8-9-10-11-24(4)20(27)18-13-16(25)12-17(18)19(26)23-22(14-15(22)6-2)21(28)29-7-3/h5-6,15-18,25H,1-2,7-14H2,3-4H3,(H,23,26)/t15-,16+,17-,18-,22+/m1/s1. The van der Waals surface area contributed by atoms with Gasteiger partial charge in [-0.25, -0.2) is 4.79 Å². The van der Waals surface area contributed by atoms with Gasteiger partial charge in [-0.1, -0.05) is 12.2 Å². The molecule has 0 saturated heterocycles. The first-order chi connectivity index (χ1) is 13.8. The molecule has 7 heteroatoms. The van der Waals surface area contributed by atoms with Crippen LogP contribution < -0.4 is 5.32 Å². The number of carbonyl (C=O) groups excluding carboxylic acids is 3. The normalized spacial score (nSPS) is 30.3. The predicted octanol–water partition coefficient (Wildman–Crippen LogP) is 1.81. The summed E-state index contributed by atoms with van der Waals surface area (Å²) in [6, 6.07) is 0. The quantitative estimate of drug-likeness (QED) is 0.310. The lowest BCUT2D eigenvalue weighted by molar-refractivity contribution is -0.150. The van der Waals surface area contributed by atoms with Crippen molar-refractivity contribution >= 4 is 17.8 Å². The van der Waals surface area contributed by atoms with Crippen LogP contribution >= 0.6 is 0 Å². The summed E-state index contributed by atoms with van der Waals surface area (Å²) in [5.41, 5.74) is -1.09. The topological polar surface area (TPSA) is 95.9 Å². The lowest BCUT2D eigenvalue weighted by atomic mass is 9.93. The molecule has 2 fully saturated rings. The van der Waals surface area contributed by atoms with Gasteiger partial charge in [-0.15, -0.1) is 13.2 Å².